The fourth-order valence-electron chi connectivity index (χ4n) is 2.09. The maximum absolute atomic E-state index is 10.8. The standard InChI is InChI=1S/C15H19N3O2/c1-3-15-14(11-19)16-17-18(15)8-5-9-20-13-7-4-6-12(2)10-13/h4,6-7,10-11H,3,5,8-9H2,1-2H3. The summed E-state index contributed by atoms with van der Waals surface area (Å²) in [5.74, 6) is 0.882. The molecule has 0 bridgehead atoms. The van der Waals surface area contributed by atoms with E-state index in [1.54, 1.807) is 4.68 Å². The average molecular weight is 273 g/mol. The molecule has 0 saturated carbocycles. The molecule has 0 saturated heterocycles. The third-order valence-electron chi connectivity index (χ3n) is 3.09. The minimum Gasteiger partial charge on any atom is -0.494 e. The number of hydrogen-bond acceptors (Lipinski definition) is 4. The summed E-state index contributed by atoms with van der Waals surface area (Å²) in [4.78, 5) is 10.8. The van der Waals surface area contributed by atoms with Gasteiger partial charge in [0.15, 0.2) is 6.29 Å². The summed E-state index contributed by atoms with van der Waals surface area (Å²) in [5, 5.41) is 7.85. The maximum Gasteiger partial charge on any atom is 0.172 e. The highest BCUT2D eigenvalue weighted by Crippen LogP contribution is 2.12. The van der Waals surface area contributed by atoms with Gasteiger partial charge in [-0.1, -0.05) is 24.3 Å². The molecule has 0 amide bonds. The van der Waals surface area contributed by atoms with E-state index in [-0.39, 0.29) is 0 Å². The van der Waals surface area contributed by atoms with Crippen molar-refractivity contribution in [2.75, 3.05) is 6.61 Å². The SMILES string of the molecule is CCc1c(C=O)nnn1CCCOc1cccc(C)c1. The van der Waals surface area contributed by atoms with Gasteiger partial charge in [-0.2, -0.15) is 0 Å². The molecule has 1 heterocycles. The fraction of sp³-hybridized carbons (Fsp3) is 0.400. The van der Waals surface area contributed by atoms with Crippen LogP contribution >= 0.6 is 0 Å². The number of benzene rings is 1. The molecule has 20 heavy (non-hydrogen) atoms. The molecule has 2 aromatic rings. The largest absolute Gasteiger partial charge is 0.494 e. The van der Waals surface area contributed by atoms with Crippen LogP contribution in [0.4, 0.5) is 0 Å². The molecule has 0 aliphatic heterocycles. The van der Waals surface area contributed by atoms with E-state index in [1.807, 2.05) is 38.1 Å². The molecular formula is C15H19N3O2. The Kier molecular flexibility index (Phi) is 4.87. The number of ether oxygens (including phenoxy) is 1. The first-order chi connectivity index (χ1) is 9.74. The minimum atomic E-state index is 0.437. The summed E-state index contributed by atoms with van der Waals surface area (Å²) in [6, 6.07) is 7.98. The van der Waals surface area contributed by atoms with Gasteiger partial charge in [-0.3, -0.25) is 4.79 Å². The summed E-state index contributed by atoms with van der Waals surface area (Å²) < 4.78 is 7.47. The fourth-order valence-corrected chi connectivity index (χ4v) is 2.09. The van der Waals surface area contributed by atoms with Crippen LogP contribution in [0.15, 0.2) is 24.3 Å². The zero-order valence-electron chi connectivity index (χ0n) is 11.9. The molecule has 0 aliphatic rings. The second-order valence-corrected chi connectivity index (χ2v) is 4.63. The van der Waals surface area contributed by atoms with Gasteiger partial charge in [-0.25, -0.2) is 4.68 Å². The summed E-state index contributed by atoms with van der Waals surface area (Å²) in [6.45, 7) is 5.35. The molecule has 0 radical (unpaired) electrons. The number of carbonyl (C=O) groups excluding carboxylic acids is 1. The van der Waals surface area contributed by atoms with Crippen LogP contribution < -0.4 is 4.74 Å². The van der Waals surface area contributed by atoms with Crippen molar-refractivity contribution < 1.29 is 9.53 Å². The van der Waals surface area contributed by atoms with E-state index in [4.69, 9.17) is 4.74 Å². The molecule has 0 fully saturated rings. The molecule has 2 rings (SSSR count). The Morgan fingerprint density at radius 3 is 2.95 bits per heavy atom. The molecule has 0 unspecified atom stereocenters. The Morgan fingerprint density at radius 1 is 1.40 bits per heavy atom. The quantitative estimate of drug-likeness (QED) is 0.574. The Hall–Kier alpha value is -2.17. The van der Waals surface area contributed by atoms with Gasteiger partial charge in [-0.05, 0) is 31.0 Å². The molecule has 106 valence electrons. The second-order valence-electron chi connectivity index (χ2n) is 4.63. The molecule has 0 atom stereocenters. The molecule has 1 aromatic carbocycles. The second kappa shape index (κ2) is 6.84. The van der Waals surface area contributed by atoms with Gasteiger partial charge >= 0.3 is 0 Å². The number of carbonyl (C=O) groups is 1. The summed E-state index contributed by atoms with van der Waals surface area (Å²) in [5.41, 5.74) is 2.50. The van der Waals surface area contributed by atoms with Gasteiger partial charge in [0.1, 0.15) is 11.4 Å². The van der Waals surface area contributed by atoms with E-state index in [0.29, 0.717) is 18.8 Å². The highest BCUT2D eigenvalue weighted by Gasteiger charge is 2.09. The smallest absolute Gasteiger partial charge is 0.172 e. The van der Waals surface area contributed by atoms with Gasteiger partial charge in [-0.15, -0.1) is 5.10 Å². The lowest BCUT2D eigenvalue weighted by Crippen LogP contribution is -2.09. The normalized spacial score (nSPS) is 10.5. The third-order valence-corrected chi connectivity index (χ3v) is 3.09. The van der Waals surface area contributed by atoms with E-state index in [2.05, 4.69) is 10.3 Å². The highest BCUT2D eigenvalue weighted by atomic mass is 16.5. The molecule has 1 aromatic heterocycles. The van der Waals surface area contributed by atoms with Gasteiger partial charge in [0.25, 0.3) is 0 Å². The number of nitrogens with zero attached hydrogens (tertiary/aromatic N) is 3. The lowest BCUT2D eigenvalue weighted by molar-refractivity contribution is 0.111. The van der Waals surface area contributed by atoms with Crippen molar-refractivity contribution >= 4 is 6.29 Å². The predicted octanol–water partition coefficient (Wildman–Crippen LogP) is 2.43. The third kappa shape index (κ3) is 3.44. The van der Waals surface area contributed by atoms with Crippen LogP contribution in [-0.4, -0.2) is 27.9 Å². The Bertz CT molecular complexity index is 578. The van der Waals surface area contributed by atoms with E-state index in [0.717, 1.165) is 30.6 Å². The first kappa shape index (κ1) is 14.2. The molecular weight excluding hydrogens is 254 g/mol. The summed E-state index contributed by atoms with van der Waals surface area (Å²) in [7, 11) is 0. The number of aryl methyl sites for hydroxylation is 2. The van der Waals surface area contributed by atoms with Crippen LogP contribution in [0.5, 0.6) is 5.75 Å². The predicted molar refractivity (Wildman–Crippen MR) is 76.1 cm³/mol. The number of hydrogen-bond donors (Lipinski definition) is 0. The van der Waals surface area contributed by atoms with E-state index >= 15 is 0 Å². The molecule has 0 spiro atoms. The van der Waals surface area contributed by atoms with Crippen LogP contribution in [-0.2, 0) is 13.0 Å². The molecule has 5 nitrogen and oxygen atoms in total. The first-order valence-electron chi connectivity index (χ1n) is 6.81. The number of rotatable bonds is 7. The van der Waals surface area contributed by atoms with Crippen LogP contribution in [0.2, 0.25) is 0 Å². The van der Waals surface area contributed by atoms with Crippen LogP contribution in [0.3, 0.4) is 0 Å². The van der Waals surface area contributed by atoms with Crippen LogP contribution in [0, 0.1) is 6.92 Å². The topological polar surface area (TPSA) is 57.0 Å². The monoisotopic (exact) mass is 273 g/mol. The Balaban J connectivity index is 1.84. The van der Waals surface area contributed by atoms with Crippen molar-refractivity contribution in [2.45, 2.75) is 33.2 Å². The Morgan fingerprint density at radius 2 is 2.25 bits per heavy atom. The van der Waals surface area contributed by atoms with E-state index in [9.17, 15) is 4.79 Å². The van der Waals surface area contributed by atoms with Crippen LogP contribution in [0.1, 0.15) is 35.1 Å². The Labute approximate surface area is 118 Å². The highest BCUT2D eigenvalue weighted by molar-refractivity contribution is 5.73. The zero-order chi connectivity index (χ0) is 14.4. The summed E-state index contributed by atoms with van der Waals surface area (Å²) >= 11 is 0. The van der Waals surface area contributed by atoms with Crippen molar-refractivity contribution in [3.05, 3.63) is 41.2 Å². The number of aromatic nitrogens is 3. The first-order valence-corrected chi connectivity index (χ1v) is 6.81. The van der Waals surface area contributed by atoms with Gasteiger partial charge < -0.3 is 4.74 Å². The van der Waals surface area contributed by atoms with Gasteiger partial charge in [0, 0.05) is 13.0 Å². The van der Waals surface area contributed by atoms with E-state index in [1.165, 1.54) is 5.56 Å². The number of aldehydes is 1. The molecule has 0 aliphatic carbocycles. The molecule has 5 heteroatoms. The summed E-state index contributed by atoms with van der Waals surface area (Å²) in [6.07, 6.45) is 2.33. The average Bonchev–Trinajstić information content (AvgIpc) is 2.85. The lowest BCUT2D eigenvalue weighted by Gasteiger charge is -2.08. The molecule has 0 N–H and O–H groups in total. The van der Waals surface area contributed by atoms with Gasteiger partial charge in [0.2, 0.25) is 0 Å². The van der Waals surface area contributed by atoms with Gasteiger partial charge in [0.05, 0.1) is 12.3 Å². The van der Waals surface area contributed by atoms with Crippen LogP contribution in [0.25, 0.3) is 0 Å². The van der Waals surface area contributed by atoms with Crippen molar-refractivity contribution in [1.82, 2.24) is 15.0 Å². The lowest BCUT2D eigenvalue weighted by atomic mass is 10.2. The minimum absolute atomic E-state index is 0.437. The maximum atomic E-state index is 10.8. The van der Waals surface area contributed by atoms with Crippen molar-refractivity contribution in [3.63, 3.8) is 0 Å². The van der Waals surface area contributed by atoms with Crippen molar-refractivity contribution in [3.8, 4) is 5.75 Å². The van der Waals surface area contributed by atoms with E-state index < -0.39 is 0 Å². The van der Waals surface area contributed by atoms with Crippen molar-refractivity contribution in [2.24, 2.45) is 0 Å². The van der Waals surface area contributed by atoms with Crippen molar-refractivity contribution in [1.29, 1.82) is 0 Å². The zero-order valence-corrected chi connectivity index (χ0v) is 11.9.